The summed E-state index contributed by atoms with van der Waals surface area (Å²) >= 11 is 3.40. The summed E-state index contributed by atoms with van der Waals surface area (Å²) in [6.45, 7) is 3.03. The van der Waals surface area contributed by atoms with E-state index in [4.69, 9.17) is 14.2 Å². The number of ether oxygens (including phenoxy) is 3. The number of rotatable bonds is 13. The van der Waals surface area contributed by atoms with E-state index in [9.17, 15) is 9.59 Å². The van der Waals surface area contributed by atoms with Crippen LogP contribution in [0.3, 0.4) is 0 Å². The number of unbranched alkanes of at least 4 members (excludes halogenated alkanes) is 5. The molecule has 204 valence electrons. The highest BCUT2D eigenvalue weighted by Crippen LogP contribution is 2.33. The third kappa shape index (κ3) is 8.35. The lowest BCUT2D eigenvalue weighted by Crippen LogP contribution is -2.31. The Balaban J connectivity index is 1.42. The maximum Gasteiger partial charge on any atom is 0.272 e. The van der Waals surface area contributed by atoms with Crippen LogP contribution in [0.25, 0.3) is 6.08 Å². The second kappa shape index (κ2) is 14.4. The molecule has 3 aromatic rings. The van der Waals surface area contributed by atoms with Crippen LogP contribution in [-0.4, -0.2) is 25.2 Å². The number of halogens is 1. The van der Waals surface area contributed by atoms with Crippen molar-refractivity contribution in [2.75, 3.05) is 18.7 Å². The number of hydrogen-bond acceptors (Lipinski definition) is 5. The van der Waals surface area contributed by atoms with Gasteiger partial charge in [0.05, 0.1) is 12.2 Å². The maximum absolute atomic E-state index is 13.3. The van der Waals surface area contributed by atoms with Crippen molar-refractivity contribution in [2.24, 2.45) is 0 Å². The molecule has 39 heavy (non-hydrogen) atoms. The minimum atomic E-state index is -0.464. The van der Waals surface area contributed by atoms with Crippen LogP contribution in [0.5, 0.6) is 17.2 Å². The Bertz CT molecular complexity index is 1310. The zero-order chi connectivity index (χ0) is 27.5. The minimum absolute atomic E-state index is 0.0815. The zero-order valence-corrected chi connectivity index (χ0v) is 23.6. The molecule has 3 aromatic carbocycles. The standard InChI is InChI=1S/C31H33BrN2O5/c1-2-3-4-5-6-9-18-37-24-15-13-23(14-16-24)33-31(36)27(34-30(35)25-10-7-8-11-26(25)32)19-22-12-17-28-29(20-22)39-21-38-28/h7-8,10-17,19-20H,2-6,9,18,21H2,1H3,(H,33,36)(H,34,35)/b27-19-. The molecule has 0 aromatic heterocycles. The van der Waals surface area contributed by atoms with Crippen LogP contribution >= 0.6 is 15.9 Å². The largest absolute Gasteiger partial charge is 0.494 e. The number of nitrogens with one attached hydrogen (secondary N) is 2. The van der Waals surface area contributed by atoms with Gasteiger partial charge in [-0.05, 0) is 82.5 Å². The predicted molar refractivity (Wildman–Crippen MR) is 156 cm³/mol. The number of carbonyl (C=O) groups excluding carboxylic acids is 2. The lowest BCUT2D eigenvalue weighted by atomic mass is 10.1. The first kappa shape index (κ1) is 28.2. The SMILES string of the molecule is CCCCCCCCOc1ccc(NC(=O)/C(=C/c2ccc3c(c2)OCO3)NC(=O)c2ccccc2Br)cc1. The van der Waals surface area contributed by atoms with Crippen molar-refractivity contribution in [1.29, 1.82) is 0 Å². The van der Waals surface area contributed by atoms with Crippen molar-refractivity contribution in [3.63, 3.8) is 0 Å². The van der Waals surface area contributed by atoms with Crippen molar-refractivity contribution in [2.45, 2.75) is 45.4 Å². The molecule has 0 saturated heterocycles. The predicted octanol–water partition coefficient (Wildman–Crippen LogP) is 7.33. The van der Waals surface area contributed by atoms with Crippen molar-refractivity contribution in [3.8, 4) is 17.2 Å². The van der Waals surface area contributed by atoms with Crippen LogP contribution in [0, 0.1) is 0 Å². The summed E-state index contributed by atoms with van der Waals surface area (Å²) in [5.41, 5.74) is 1.75. The summed E-state index contributed by atoms with van der Waals surface area (Å²) in [6.07, 6.45) is 8.83. The van der Waals surface area contributed by atoms with Gasteiger partial charge in [0.15, 0.2) is 11.5 Å². The molecule has 4 rings (SSSR count). The Morgan fingerprint density at radius 3 is 2.46 bits per heavy atom. The van der Waals surface area contributed by atoms with E-state index in [1.165, 1.54) is 25.7 Å². The normalized spacial score (nSPS) is 12.2. The van der Waals surface area contributed by atoms with Gasteiger partial charge in [-0.15, -0.1) is 0 Å². The molecule has 0 bridgehead atoms. The Hall–Kier alpha value is -3.78. The fourth-order valence-electron chi connectivity index (χ4n) is 4.07. The molecule has 2 N–H and O–H groups in total. The Labute approximate surface area is 237 Å². The first-order chi connectivity index (χ1) is 19.0. The number of amides is 2. The highest BCUT2D eigenvalue weighted by molar-refractivity contribution is 9.10. The first-order valence-electron chi connectivity index (χ1n) is 13.2. The van der Waals surface area contributed by atoms with Crippen LogP contribution < -0.4 is 24.8 Å². The van der Waals surface area contributed by atoms with Crippen molar-refractivity contribution < 1.29 is 23.8 Å². The van der Waals surface area contributed by atoms with Crippen molar-refractivity contribution in [3.05, 3.63) is 88.0 Å². The van der Waals surface area contributed by atoms with E-state index in [1.54, 1.807) is 54.6 Å². The summed E-state index contributed by atoms with van der Waals surface area (Å²) < 4.78 is 17.3. The van der Waals surface area contributed by atoms with Gasteiger partial charge in [0.2, 0.25) is 6.79 Å². The molecule has 0 fully saturated rings. The fraction of sp³-hybridized carbons (Fsp3) is 0.290. The Morgan fingerprint density at radius 2 is 1.67 bits per heavy atom. The van der Waals surface area contributed by atoms with E-state index < -0.39 is 11.8 Å². The molecule has 1 aliphatic heterocycles. The second-order valence-corrected chi connectivity index (χ2v) is 10.1. The smallest absolute Gasteiger partial charge is 0.272 e. The Morgan fingerprint density at radius 1 is 0.923 bits per heavy atom. The van der Waals surface area contributed by atoms with Gasteiger partial charge in [0.25, 0.3) is 11.8 Å². The lowest BCUT2D eigenvalue weighted by Gasteiger charge is -2.13. The molecule has 0 unspecified atom stereocenters. The second-order valence-electron chi connectivity index (χ2n) is 9.20. The molecule has 1 aliphatic rings. The fourth-order valence-corrected chi connectivity index (χ4v) is 4.53. The van der Waals surface area contributed by atoms with Crippen LogP contribution in [0.4, 0.5) is 5.69 Å². The number of anilines is 1. The van der Waals surface area contributed by atoms with E-state index in [-0.39, 0.29) is 12.5 Å². The molecule has 0 radical (unpaired) electrons. The summed E-state index contributed by atoms with van der Waals surface area (Å²) in [4.78, 5) is 26.3. The van der Waals surface area contributed by atoms with E-state index in [0.717, 1.165) is 18.6 Å². The minimum Gasteiger partial charge on any atom is -0.494 e. The monoisotopic (exact) mass is 592 g/mol. The van der Waals surface area contributed by atoms with Gasteiger partial charge >= 0.3 is 0 Å². The topological polar surface area (TPSA) is 85.9 Å². The summed E-state index contributed by atoms with van der Waals surface area (Å²) in [6, 6.07) is 19.6. The molecule has 0 atom stereocenters. The van der Waals surface area contributed by atoms with E-state index >= 15 is 0 Å². The van der Waals surface area contributed by atoms with Gasteiger partial charge in [-0.25, -0.2) is 0 Å². The van der Waals surface area contributed by atoms with Gasteiger partial charge in [-0.3, -0.25) is 9.59 Å². The summed E-state index contributed by atoms with van der Waals surface area (Å²) in [5.74, 6) is 1.09. The van der Waals surface area contributed by atoms with Crippen molar-refractivity contribution >= 4 is 39.5 Å². The van der Waals surface area contributed by atoms with Crippen LogP contribution in [0.1, 0.15) is 61.4 Å². The first-order valence-corrected chi connectivity index (χ1v) is 14.0. The molecular formula is C31H33BrN2O5. The highest BCUT2D eigenvalue weighted by atomic mass is 79.9. The molecule has 0 aliphatic carbocycles. The molecule has 0 spiro atoms. The molecule has 7 nitrogen and oxygen atoms in total. The zero-order valence-electron chi connectivity index (χ0n) is 22.0. The average Bonchev–Trinajstić information content (AvgIpc) is 3.41. The molecule has 2 amide bonds. The Kier molecular flexibility index (Phi) is 10.4. The molecular weight excluding hydrogens is 560 g/mol. The maximum atomic E-state index is 13.3. The van der Waals surface area contributed by atoms with E-state index in [1.807, 2.05) is 18.2 Å². The lowest BCUT2D eigenvalue weighted by molar-refractivity contribution is -0.113. The van der Waals surface area contributed by atoms with E-state index in [0.29, 0.717) is 39.4 Å². The molecule has 1 heterocycles. The number of benzene rings is 3. The third-order valence-electron chi connectivity index (χ3n) is 6.20. The van der Waals surface area contributed by atoms with Crippen molar-refractivity contribution in [1.82, 2.24) is 5.32 Å². The van der Waals surface area contributed by atoms with E-state index in [2.05, 4.69) is 33.5 Å². The van der Waals surface area contributed by atoms with Crippen LogP contribution in [0.2, 0.25) is 0 Å². The molecule has 0 saturated carbocycles. The van der Waals surface area contributed by atoms with Gasteiger partial charge in [-0.2, -0.15) is 0 Å². The summed E-state index contributed by atoms with van der Waals surface area (Å²) in [7, 11) is 0. The molecule has 8 heteroatoms. The number of carbonyl (C=O) groups is 2. The van der Waals surface area contributed by atoms with Gasteiger partial charge in [-0.1, -0.05) is 57.2 Å². The van der Waals surface area contributed by atoms with Crippen LogP contribution in [-0.2, 0) is 4.79 Å². The van der Waals surface area contributed by atoms with Gasteiger partial charge in [0.1, 0.15) is 11.4 Å². The average molecular weight is 594 g/mol. The van der Waals surface area contributed by atoms with Crippen LogP contribution in [0.15, 0.2) is 76.9 Å². The van der Waals surface area contributed by atoms with Gasteiger partial charge in [0, 0.05) is 10.2 Å². The third-order valence-corrected chi connectivity index (χ3v) is 6.89. The van der Waals surface area contributed by atoms with Gasteiger partial charge < -0.3 is 24.8 Å². The quantitative estimate of drug-likeness (QED) is 0.160. The number of fused-ring (bicyclic) bond motifs is 1. The number of hydrogen-bond donors (Lipinski definition) is 2. The highest BCUT2D eigenvalue weighted by Gasteiger charge is 2.18. The summed E-state index contributed by atoms with van der Waals surface area (Å²) in [5, 5.41) is 5.62.